The number of ether oxygens (including phenoxy) is 1. The predicted octanol–water partition coefficient (Wildman–Crippen LogP) is 2.02. The lowest BCUT2D eigenvalue weighted by Gasteiger charge is -1.86. The molecule has 13 heavy (non-hydrogen) atoms. The Labute approximate surface area is 76.3 Å². The summed E-state index contributed by atoms with van der Waals surface area (Å²) >= 11 is 0. The van der Waals surface area contributed by atoms with Gasteiger partial charge in [0.2, 0.25) is 0 Å². The van der Waals surface area contributed by atoms with E-state index in [1.54, 1.807) is 24.3 Å². The molecule has 0 atom stereocenters. The quantitative estimate of drug-likeness (QED) is 0.451. The summed E-state index contributed by atoms with van der Waals surface area (Å²) in [5.41, 5.74) is 0.718. The van der Waals surface area contributed by atoms with E-state index in [2.05, 4.69) is 4.74 Å². The first kappa shape index (κ1) is 9.45. The molecule has 0 saturated carbocycles. The molecular weight excluding hydrogens is 168 g/mol. The molecule has 0 N–H and O–H groups in total. The van der Waals surface area contributed by atoms with Gasteiger partial charge in [-0.25, -0.2) is 9.59 Å². The van der Waals surface area contributed by atoms with E-state index < -0.39 is 11.9 Å². The number of fused-ring (bicyclic) bond motifs is 1. The Bertz CT molecular complexity index is 309. The van der Waals surface area contributed by atoms with E-state index in [-0.39, 0.29) is 0 Å². The van der Waals surface area contributed by atoms with Crippen molar-refractivity contribution in [1.29, 1.82) is 0 Å². The monoisotopic (exact) mass is 178 g/mol. The molecule has 0 unspecified atom stereocenters. The predicted molar refractivity (Wildman–Crippen MR) is 47.5 cm³/mol. The van der Waals surface area contributed by atoms with Gasteiger partial charge in [0, 0.05) is 0 Å². The van der Waals surface area contributed by atoms with E-state index in [4.69, 9.17) is 0 Å². The SMILES string of the molecule is CC.O=C1OC(=O)c2ccccc21. The number of carbonyl (C=O) groups excluding carboxylic acids is 2. The van der Waals surface area contributed by atoms with Crippen LogP contribution in [0.4, 0.5) is 0 Å². The average Bonchev–Trinajstić information content (AvgIpc) is 2.47. The molecule has 3 heteroatoms. The van der Waals surface area contributed by atoms with Crippen molar-refractivity contribution in [2.75, 3.05) is 0 Å². The standard InChI is InChI=1S/C8H4O3.C2H6/c9-7-5-3-1-2-4-6(5)8(10)11-7;1-2/h1-4H;1-2H3. The lowest BCUT2D eigenvalue weighted by atomic mass is 10.1. The smallest absolute Gasteiger partial charge is 0.346 e. The Kier molecular flexibility index (Phi) is 2.80. The van der Waals surface area contributed by atoms with Gasteiger partial charge in [-0.05, 0) is 12.1 Å². The molecule has 0 spiro atoms. The molecule has 68 valence electrons. The van der Waals surface area contributed by atoms with Gasteiger partial charge in [0.05, 0.1) is 11.1 Å². The van der Waals surface area contributed by atoms with Gasteiger partial charge in [0.25, 0.3) is 0 Å². The zero-order valence-corrected chi connectivity index (χ0v) is 7.53. The maximum atomic E-state index is 10.8. The van der Waals surface area contributed by atoms with Gasteiger partial charge < -0.3 is 4.74 Å². The number of hydrogen-bond acceptors (Lipinski definition) is 3. The molecule has 0 amide bonds. The Morgan fingerprint density at radius 2 is 1.31 bits per heavy atom. The molecule has 1 aliphatic heterocycles. The largest absolute Gasteiger partial charge is 0.386 e. The molecule has 0 radical (unpaired) electrons. The molecule has 2 rings (SSSR count). The van der Waals surface area contributed by atoms with E-state index in [1.807, 2.05) is 13.8 Å². The van der Waals surface area contributed by atoms with Gasteiger partial charge in [0.15, 0.2) is 0 Å². The first-order valence-corrected chi connectivity index (χ1v) is 4.14. The fraction of sp³-hybridized carbons (Fsp3) is 0.200. The maximum Gasteiger partial charge on any atom is 0.346 e. The fourth-order valence-corrected chi connectivity index (χ4v) is 1.03. The molecule has 0 aromatic heterocycles. The molecule has 0 fully saturated rings. The van der Waals surface area contributed by atoms with Crippen LogP contribution in [0.1, 0.15) is 34.6 Å². The van der Waals surface area contributed by atoms with E-state index in [9.17, 15) is 9.59 Å². The van der Waals surface area contributed by atoms with Crippen LogP contribution in [0.2, 0.25) is 0 Å². The van der Waals surface area contributed by atoms with Crippen molar-refractivity contribution in [2.24, 2.45) is 0 Å². The van der Waals surface area contributed by atoms with Crippen LogP contribution in [0.25, 0.3) is 0 Å². The molecule has 1 aliphatic rings. The van der Waals surface area contributed by atoms with E-state index in [0.717, 1.165) is 0 Å². The number of rotatable bonds is 0. The van der Waals surface area contributed by atoms with Gasteiger partial charge in [-0.3, -0.25) is 0 Å². The highest BCUT2D eigenvalue weighted by atomic mass is 16.6. The summed E-state index contributed by atoms with van der Waals surface area (Å²) in [6.45, 7) is 4.00. The first-order valence-electron chi connectivity index (χ1n) is 4.14. The minimum Gasteiger partial charge on any atom is -0.386 e. The van der Waals surface area contributed by atoms with Crippen molar-refractivity contribution in [1.82, 2.24) is 0 Å². The average molecular weight is 178 g/mol. The van der Waals surface area contributed by atoms with Crippen molar-refractivity contribution >= 4 is 11.9 Å². The number of cyclic esters (lactones) is 2. The molecule has 0 aliphatic carbocycles. The van der Waals surface area contributed by atoms with Crippen LogP contribution in [0.15, 0.2) is 24.3 Å². The zero-order valence-electron chi connectivity index (χ0n) is 7.53. The number of benzene rings is 1. The Morgan fingerprint density at radius 3 is 1.69 bits per heavy atom. The third-order valence-electron chi connectivity index (χ3n) is 1.55. The lowest BCUT2D eigenvalue weighted by Crippen LogP contribution is -1.96. The number of hydrogen-bond donors (Lipinski definition) is 0. The van der Waals surface area contributed by atoms with Crippen molar-refractivity contribution < 1.29 is 14.3 Å². The van der Waals surface area contributed by atoms with Gasteiger partial charge in [-0.2, -0.15) is 0 Å². The lowest BCUT2D eigenvalue weighted by molar-refractivity contribution is 0.0444. The topological polar surface area (TPSA) is 43.4 Å². The van der Waals surface area contributed by atoms with Crippen molar-refractivity contribution in [3.63, 3.8) is 0 Å². The summed E-state index contributed by atoms with van der Waals surface area (Å²) in [5.74, 6) is -1.10. The molecule has 1 heterocycles. The summed E-state index contributed by atoms with van der Waals surface area (Å²) in [4.78, 5) is 21.7. The van der Waals surface area contributed by atoms with Crippen LogP contribution in [0.5, 0.6) is 0 Å². The molecule has 3 nitrogen and oxygen atoms in total. The highest BCUT2D eigenvalue weighted by Gasteiger charge is 2.28. The molecule has 0 bridgehead atoms. The van der Waals surface area contributed by atoms with Gasteiger partial charge in [0.1, 0.15) is 0 Å². The van der Waals surface area contributed by atoms with E-state index in [1.165, 1.54) is 0 Å². The van der Waals surface area contributed by atoms with Gasteiger partial charge >= 0.3 is 11.9 Å². The summed E-state index contributed by atoms with van der Waals surface area (Å²) in [6.07, 6.45) is 0. The number of carbonyl (C=O) groups is 2. The van der Waals surface area contributed by atoms with Crippen LogP contribution in [-0.4, -0.2) is 11.9 Å². The Morgan fingerprint density at radius 1 is 0.923 bits per heavy atom. The van der Waals surface area contributed by atoms with E-state index >= 15 is 0 Å². The molecular formula is C10H10O3. The second-order valence-corrected chi connectivity index (χ2v) is 2.22. The third kappa shape index (κ3) is 1.59. The van der Waals surface area contributed by atoms with Crippen LogP contribution in [0.3, 0.4) is 0 Å². The summed E-state index contributed by atoms with van der Waals surface area (Å²) in [5, 5.41) is 0. The number of esters is 2. The van der Waals surface area contributed by atoms with Crippen molar-refractivity contribution in [2.45, 2.75) is 13.8 Å². The highest BCUT2D eigenvalue weighted by Crippen LogP contribution is 2.18. The van der Waals surface area contributed by atoms with Crippen LogP contribution in [-0.2, 0) is 4.74 Å². The van der Waals surface area contributed by atoms with E-state index in [0.29, 0.717) is 11.1 Å². The third-order valence-corrected chi connectivity index (χ3v) is 1.55. The second kappa shape index (κ2) is 3.85. The first-order chi connectivity index (χ1) is 6.29. The van der Waals surface area contributed by atoms with Gasteiger partial charge in [-0.1, -0.05) is 26.0 Å². The van der Waals surface area contributed by atoms with Crippen molar-refractivity contribution in [3.8, 4) is 0 Å². The Hall–Kier alpha value is -1.64. The normalized spacial score (nSPS) is 12.8. The minimum atomic E-state index is -0.550. The summed E-state index contributed by atoms with van der Waals surface area (Å²) < 4.78 is 4.35. The van der Waals surface area contributed by atoms with Crippen molar-refractivity contribution in [3.05, 3.63) is 35.4 Å². The molecule has 0 saturated heterocycles. The Balaban J connectivity index is 0.000000396. The highest BCUT2D eigenvalue weighted by molar-refractivity contribution is 6.14. The van der Waals surface area contributed by atoms with Gasteiger partial charge in [-0.15, -0.1) is 0 Å². The minimum absolute atomic E-state index is 0.359. The van der Waals surface area contributed by atoms with Crippen LogP contribution in [0, 0.1) is 0 Å². The molecule has 1 aromatic carbocycles. The molecule has 1 aromatic rings. The summed E-state index contributed by atoms with van der Waals surface area (Å²) in [6, 6.07) is 6.53. The zero-order chi connectivity index (χ0) is 9.84. The van der Waals surface area contributed by atoms with Crippen LogP contribution >= 0.6 is 0 Å². The summed E-state index contributed by atoms with van der Waals surface area (Å²) in [7, 11) is 0. The fourth-order valence-electron chi connectivity index (χ4n) is 1.03. The maximum absolute atomic E-state index is 10.8. The second-order valence-electron chi connectivity index (χ2n) is 2.22. The van der Waals surface area contributed by atoms with Crippen LogP contribution < -0.4 is 0 Å².